The summed E-state index contributed by atoms with van der Waals surface area (Å²) in [6.07, 6.45) is -6.35. The molecule has 0 radical (unpaired) electrons. The van der Waals surface area contributed by atoms with E-state index in [4.69, 9.17) is 0 Å². The molecule has 0 aliphatic rings. The van der Waals surface area contributed by atoms with Gasteiger partial charge in [0.25, 0.3) is 5.91 Å². The molecule has 0 fully saturated rings. The first kappa shape index (κ1) is 24.7. The van der Waals surface area contributed by atoms with Crippen LogP contribution in [0.3, 0.4) is 0 Å². The first-order valence-electron chi connectivity index (χ1n) is 9.66. The van der Waals surface area contributed by atoms with Gasteiger partial charge in [0.05, 0.1) is 15.6 Å². The predicted molar refractivity (Wildman–Crippen MR) is 118 cm³/mol. The lowest BCUT2D eigenvalue weighted by molar-refractivity contribution is -0.254. The lowest BCUT2D eigenvalue weighted by Crippen LogP contribution is -2.57. The number of carbonyl (C=O) groups is 1. The second-order valence-corrected chi connectivity index (χ2v) is 9.12. The number of halogens is 4. The van der Waals surface area contributed by atoms with Crippen molar-refractivity contribution < 1.29 is 32.7 Å². The average molecular weight is 529 g/mol. The maximum absolute atomic E-state index is 14.0. The molecule has 33 heavy (non-hydrogen) atoms. The van der Waals surface area contributed by atoms with Crippen LogP contribution in [-0.2, 0) is 10.2 Å². The van der Waals surface area contributed by atoms with E-state index in [1.807, 2.05) is 0 Å². The summed E-state index contributed by atoms with van der Waals surface area (Å²) in [6.45, 7) is 4.36. The Bertz CT molecular complexity index is 1290. The summed E-state index contributed by atoms with van der Waals surface area (Å²) in [4.78, 5) is 24.6. The molecule has 0 bridgehead atoms. The van der Waals surface area contributed by atoms with Gasteiger partial charge in [0.15, 0.2) is 0 Å². The summed E-state index contributed by atoms with van der Waals surface area (Å²) < 4.78 is 46.8. The fourth-order valence-electron chi connectivity index (χ4n) is 3.63. The van der Waals surface area contributed by atoms with Crippen molar-refractivity contribution in [2.45, 2.75) is 44.4 Å². The maximum Gasteiger partial charge on any atom is 0.426 e. The second kappa shape index (κ2) is 8.45. The van der Waals surface area contributed by atoms with Crippen LogP contribution in [0.4, 0.5) is 18.9 Å². The number of aromatic nitrogens is 1. The van der Waals surface area contributed by atoms with Crippen LogP contribution in [0.5, 0.6) is 5.75 Å². The lowest BCUT2D eigenvalue weighted by Gasteiger charge is -2.37. The molecule has 11 heteroatoms. The van der Waals surface area contributed by atoms with Crippen molar-refractivity contribution in [2.24, 2.45) is 0 Å². The van der Waals surface area contributed by atoms with Crippen LogP contribution in [0.15, 0.2) is 50.2 Å². The molecule has 0 aliphatic carbocycles. The fourth-order valence-corrected chi connectivity index (χ4v) is 4.43. The van der Waals surface area contributed by atoms with Crippen molar-refractivity contribution in [3.8, 4) is 5.75 Å². The third-order valence-electron chi connectivity index (χ3n) is 5.40. The minimum Gasteiger partial charge on any atom is -0.507 e. The molecule has 2 aromatic carbocycles. The summed E-state index contributed by atoms with van der Waals surface area (Å²) in [7, 11) is 0. The van der Waals surface area contributed by atoms with E-state index in [1.54, 1.807) is 0 Å². The van der Waals surface area contributed by atoms with E-state index in [0.29, 0.717) is 5.69 Å². The number of nitrogens with one attached hydrogen (secondary N) is 1. The molecule has 0 spiro atoms. The molecule has 0 saturated heterocycles. The molecule has 3 aromatic rings. The standard InChI is InChI=1S/C22H20BrF3N2O5/c1-11-14-9-12(7-8-13(14)18(30)33-28-11)27-19(31)21(32,22(24,25)26)10-20(2,3)15-5-4-6-16(29)17(15)23/h4-9,29,32H,10H2,1-3H3,(H,27,31). The van der Waals surface area contributed by atoms with Crippen molar-refractivity contribution in [2.75, 3.05) is 5.32 Å². The molecular formula is C22H20BrF3N2O5. The van der Waals surface area contributed by atoms with Gasteiger partial charge in [0.2, 0.25) is 5.60 Å². The number of rotatable bonds is 5. The zero-order chi connectivity index (χ0) is 24.8. The Balaban J connectivity index is 1.99. The van der Waals surface area contributed by atoms with Crippen molar-refractivity contribution >= 4 is 38.3 Å². The van der Waals surface area contributed by atoms with Gasteiger partial charge in [-0.1, -0.05) is 31.1 Å². The number of phenols is 1. The number of nitrogens with zero attached hydrogens (tertiary/aromatic N) is 1. The average Bonchev–Trinajstić information content (AvgIpc) is 2.71. The van der Waals surface area contributed by atoms with Crippen LogP contribution in [0, 0.1) is 6.92 Å². The van der Waals surface area contributed by atoms with Gasteiger partial charge in [-0.3, -0.25) is 4.79 Å². The number of alkyl halides is 3. The Kier molecular flexibility index (Phi) is 6.33. The first-order valence-corrected chi connectivity index (χ1v) is 10.5. The number of aryl methyl sites for hydroxylation is 1. The van der Waals surface area contributed by atoms with Gasteiger partial charge in [0.1, 0.15) is 5.75 Å². The number of carbonyl (C=O) groups excluding carboxylic acids is 1. The molecule has 176 valence electrons. The number of anilines is 1. The van der Waals surface area contributed by atoms with Crippen LogP contribution in [0.25, 0.3) is 10.8 Å². The van der Waals surface area contributed by atoms with Gasteiger partial charge in [-0.25, -0.2) is 4.79 Å². The molecule has 1 unspecified atom stereocenters. The smallest absolute Gasteiger partial charge is 0.426 e. The third-order valence-corrected chi connectivity index (χ3v) is 6.24. The molecule has 0 aliphatic heterocycles. The highest BCUT2D eigenvalue weighted by atomic mass is 79.9. The van der Waals surface area contributed by atoms with E-state index < -0.39 is 35.1 Å². The number of benzene rings is 2. The SMILES string of the molecule is Cc1noc(=O)c2ccc(NC(=O)C(O)(CC(C)(C)c3cccc(O)c3Br)C(F)(F)F)cc12. The number of fused-ring (bicyclic) bond motifs is 1. The number of hydrogen-bond acceptors (Lipinski definition) is 6. The molecule has 1 amide bonds. The normalized spacial score (nSPS) is 14.2. The second-order valence-electron chi connectivity index (χ2n) is 8.33. The molecule has 7 nitrogen and oxygen atoms in total. The van der Waals surface area contributed by atoms with Crippen molar-refractivity contribution in [3.63, 3.8) is 0 Å². The quantitative estimate of drug-likeness (QED) is 0.447. The number of amides is 1. The Labute approximate surface area is 194 Å². The van der Waals surface area contributed by atoms with Crippen LogP contribution in [-0.4, -0.2) is 33.1 Å². The summed E-state index contributed by atoms with van der Waals surface area (Å²) >= 11 is 3.15. The maximum atomic E-state index is 14.0. The van der Waals surface area contributed by atoms with E-state index in [0.717, 1.165) is 0 Å². The van der Waals surface area contributed by atoms with Crippen molar-refractivity contribution in [3.05, 3.63) is 62.5 Å². The van der Waals surface area contributed by atoms with Crippen LogP contribution in [0.2, 0.25) is 0 Å². The van der Waals surface area contributed by atoms with Crippen molar-refractivity contribution in [1.82, 2.24) is 5.16 Å². The van der Waals surface area contributed by atoms with Gasteiger partial charge < -0.3 is 20.1 Å². The van der Waals surface area contributed by atoms with Gasteiger partial charge >= 0.3 is 11.8 Å². The van der Waals surface area contributed by atoms with E-state index >= 15 is 0 Å². The Hall–Kier alpha value is -2.92. The van der Waals surface area contributed by atoms with Crippen LogP contribution in [0.1, 0.15) is 31.5 Å². The largest absolute Gasteiger partial charge is 0.507 e. The molecule has 0 saturated carbocycles. The highest BCUT2D eigenvalue weighted by Gasteiger charge is 2.61. The summed E-state index contributed by atoms with van der Waals surface area (Å²) in [5.41, 5.74) is -5.39. The van der Waals surface area contributed by atoms with Gasteiger partial charge in [-0.2, -0.15) is 13.2 Å². The highest BCUT2D eigenvalue weighted by Crippen LogP contribution is 2.45. The van der Waals surface area contributed by atoms with Gasteiger partial charge in [-0.15, -0.1) is 0 Å². The number of aliphatic hydroxyl groups is 1. The molecule has 1 atom stereocenters. The first-order chi connectivity index (χ1) is 15.2. The van der Waals surface area contributed by atoms with E-state index in [-0.39, 0.29) is 32.2 Å². The van der Waals surface area contributed by atoms with Gasteiger partial charge in [-0.05, 0) is 58.1 Å². The molecule has 3 N–H and O–H groups in total. The zero-order valence-corrected chi connectivity index (χ0v) is 19.3. The van der Waals surface area contributed by atoms with E-state index in [9.17, 15) is 33.0 Å². The molecule has 1 aromatic heterocycles. The Morgan fingerprint density at radius 1 is 1.18 bits per heavy atom. The predicted octanol–water partition coefficient (Wildman–Crippen LogP) is 4.56. The van der Waals surface area contributed by atoms with Gasteiger partial charge in [0, 0.05) is 17.5 Å². The Morgan fingerprint density at radius 2 is 1.85 bits per heavy atom. The fraction of sp³-hybridized carbons (Fsp3) is 0.318. The lowest BCUT2D eigenvalue weighted by atomic mass is 9.74. The summed E-state index contributed by atoms with van der Waals surface area (Å²) in [5, 5.41) is 26.6. The number of hydrogen-bond donors (Lipinski definition) is 3. The van der Waals surface area contributed by atoms with Crippen LogP contribution < -0.4 is 10.9 Å². The molecule has 1 heterocycles. The third kappa shape index (κ3) is 4.60. The summed E-state index contributed by atoms with van der Waals surface area (Å²) in [6, 6.07) is 8.08. The van der Waals surface area contributed by atoms with E-state index in [1.165, 1.54) is 57.2 Å². The van der Waals surface area contributed by atoms with Crippen molar-refractivity contribution in [1.29, 1.82) is 0 Å². The number of aromatic hydroxyl groups is 1. The topological polar surface area (TPSA) is 113 Å². The van der Waals surface area contributed by atoms with Crippen LogP contribution >= 0.6 is 15.9 Å². The molecule has 3 rings (SSSR count). The highest BCUT2D eigenvalue weighted by molar-refractivity contribution is 9.10. The summed E-state index contributed by atoms with van der Waals surface area (Å²) in [5.74, 6) is -1.88. The monoisotopic (exact) mass is 528 g/mol. The minimum absolute atomic E-state index is 0.0676. The minimum atomic E-state index is -5.31. The van der Waals surface area contributed by atoms with E-state index in [2.05, 4.69) is 30.9 Å². The zero-order valence-electron chi connectivity index (χ0n) is 17.7. The number of phenolic OH excluding ortho intramolecular Hbond substituents is 1. The Morgan fingerprint density at radius 3 is 2.48 bits per heavy atom. The molecular weight excluding hydrogens is 509 g/mol.